The van der Waals surface area contributed by atoms with Crippen LogP contribution >= 0.6 is 0 Å². The van der Waals surface area contributed by atoms with E-state index >= 15 is 0 Å². The Labute approximate surface area is 213 Å². The van der Waals surface area contributed by atoms with E-state index in [2.05, 4.69) is 15.0 Å². The molecule has 0 unspecified atom stereocenters. The molecule has 2 fully saturated rings. The largest absolute Gasteiger partial charge is 0.392 e. The SMILES string of the molecule is Cn1cc2c(cc1=O)C1(CCN(Cc3ccc(/C(=N\OC4CC4)c4ccc(F)c(F)c4)nc3)CC1)OC2. The Kier molecular flexibility index (Phi) is 6.12. The first-order valence-corrected chi connectivity index (χ1v) is 12.6. The van der Waals surface area contributed by atoms with Crippen LogP contribution in [-0.4, -0.2) is 39.4 Å². The fraction of sp³-hybridized carbons (Fsp3) is 0.393. The van der Waals surface area contributed by atoms with E-state index in [-0.39, 0.29) is 17.3 Å². The summed E-state index contributed by atoms with van der Waals surface area (Å²) >= 11 is 0. The van der Waals surface area contributed by atoms with Crippen LogP contribution in [0.4, 0.5) is 8.78 Å². The van der Waals surface area contributed by atoms with Crippen molar-refractivity contribution in [2.75, 3.05) is 13.1 Å². The average molecular weight is 507 g/mol. The smallest absolute Gasteiger partial charge is 0.250 e. The Morgan fingerprint density at radius 1 is 1.16 bits per heavy atom. The van der Waals surface area contributed by atoms with E-state index in [0.717, 1.165) is 74.1 Å². The summed E-state index contributed by atoms with van der Waals surface area (Å²) in [5.74, 6) is -1.85. The highest BCUT2D eigenvalue weighted by Crippen LogP contribution is 2.43. The first-order chi connectivity index (χ1) is 17.9. The van der Waals surface area contributed by atoms with Gasteiger partial charge in [0.2, 0.25) is 0 Å². The predicted octanol–water partition coefficient (Wildman–Crippen LogP) is 4.01. The summed E-state index contributed by atoms with van der Waals surface area (Å²) in [5, 5.41) is 4.23. The number of nitrogens with zero attached hydrogens (tertiary/aromatic N) is 4. The van der Waals surface area contributed by atoms with E-state index in [0.29, 0.717) is 23.6 Å². The van der Waals surface area contributed by atoms with Crippen LogP contribution in [0.3, 0.4) is 0 Å². The molecule has 1 aliphatic carbocycles. The third kappa shape index (κ3) is 4.81. The van der Waals surface area contributed by atoms with E-state index in [1.165, 1.54) is 6.07 Å². The average Bonchev–Trinajstić information content (AvgIpc) is 3.67. The third-order valence-corrected chi connectivity index (χ3v) is 7.45. The van der Waals surface area contributed by atoms with Crippen LogP contribution in [0.2, 0.25) is 0 Å². The summed E-state index contributed by atoms with van der Waals surface area (Å²) in [6, 6.07) is 9.22. The molecule has 3 aliphatic rings. The van der Waals surface area contributed by atoms with Gasteiger partial charge in [0.05, 0.1) is 17.9 Å². The minimum absolute atomic E-state index is 0.00830. The predicted molar refractivity (Wildman–Crippen MR) is 133 cm³/mol. The Hall–Kier alpha value is -3.43. The Bertz CT molecular complexity index is 1410. The monoisotopic (exact) mass is 506 g/mol. The molecular weight excluding hydrogens is 478 g/mol. The van der Waals surface area contributed by atoms with Crippen molar-refractivity contribution < 1.29 is 18.4 Å². The maximum Gasteiger partial charge on any atom is 0.250 e. The maximum atomic E-state index is 13.9. The fourth-order valence-electron chi connectivity index (χ4n) is 5.11. The first-order valence-electron chi connectivity index (χ1n) is 12.6. The molecule has 0 atom stereocenters. The number of pyridine rings is 2. The second-order valence-corrected chi connectivity index (χ2v) is 10.1. The molecule has 4 heterocycles. The number of piperidine rings is 1. The minimum atomic E-state index is -0.939. The van der Waals surface area contributed by atoms with Crippen LogP contribution in [0.15, 0.2) is 58.7 Å². The van der Waals surface area contributed by atoms with Crippen LogP contribution in [0.1, 0.15) is 53.6 Å². The lowest BCUT2D eigenvalue weighted by Gasteiger charge is -2.39. The van der Waals surface area contributed by atoms with Crippen LogP contribution in [-0.2, 0) is 35.4 Å². The van der Waals surface area contributed by atoms with Gasteiger partial charge in [-0.05, 0) is 61.1 Å². The zero-order valence-electron chi connectivity index (χ0n) is 20.6. The number of oxime groups is 1. The topological polar surface area (TPSA) is 69.0 Å². The first kappa shape index (κ1) is 23.9. The van der Waals surface area contributed by atoms with Gasteiger partial charge in [0.15, 0.2) is 11.6 Å². The molecule has 3 aromatic rings. The van der Waals surface area contributed by atoms with E-state index in [1.54, 1.807) is 23.9 Å². The molecule has 1 saturated carbocycles. The van der Waals surface area contributed by atoms with Gasteiger partial charge in [-0.25, -0.2) is 8.78 Å². The summed E-state index contributed by atoms with van der Waals surface area (Å²) in [7, 11) is 1.77. The van der Waals surface area contributed by atoms with Gasteiger partial charge < -0.3 is 14.1 Å². The van der Waals surface area contributed by atoms with Gasteiger partial charge in [0.25, 0.3) is 5.56 Å². The highest BCUT2D eigenvalue weighted by molar-refractivity contribution is 6.11. The Morgan fingerprint density at radius 2 is 1.97 bits per heavy atom. The molecule has 0 N–H and O–H groups in total. The van der Waals surface area contributed by atoms with Gasteiger partial charge >= 0.3 is 0 Å². The van der Waals surface area contributed by atoms with Crippen LogP contribution in [0, 0.1) is 11.6 Å². The van der Waals surface area contributed by atoms with Crippen LogP contribution < -0.4 is 5.56 Å². The summed E-state index contributed by atoms with van der Waals surface area (Å²) < 4.78 is 35.2. The summed E-state index contributed by atoms with van der Waals surface area (Å²) in [6.45, 7) is 2.95. The van der Waals surface area contributed by atoms with Gasteiger partial charge in [-0.15, -0.1) is 0 Å². The van der Waals surface area contributed by atoms with E-state index in [9.17, 15) is 13.6 Å². The molecule has 37 heavy (non-hydrogen) atoms. The fourth-order valence-corrected chi connectivity index (χ4v) is 5.11. The summed E-state index contributed by atoms with van der Waals surface area (Å²) in [6.07, 6.45) is 7.27. The van der Waals surface area contributed by atoms with E-state index < -0.39 is 11.6 Å². The molecule has 1 spiro atoms. The number of halogens is 2. The van der Waals surface area contributed by atoms with Crippen molar-refractivity contribution in [2.24, 2.45) is 12.2 Å². The number of likely N-dealkylation sites (tertiary alicyclic amines) is 1. The van der Waals surface area contributed by atoms with Gasteiger partial charge in [-0.2, -0.15) is 0 Å². The molecule has 1 aromatic carbocycles. The third-order valence-electron chi connectivity index (χ3n) is 7.45. The van der Waals surface area contributed by atoms with E-state index in [4.69, 9.17) is 9.57 Å². The molecule has 2 aromatic heterocycles. The van der Waals surface area contributed by atoms with Gasteiger partial charge in [-0.1, -0.05) is 11.2 Å². The van der Waals surface area contributed by atoms with Crippen molar-refractivity contribution in [3.05, 3.63) is 98.7 Å². The normalized spacial score (nSPS) is 19.3. The van der Waals surface area contributed by atoms with Gasteiger partial charge in [0.1, 0.15) is 11.8 Å². The standard InChI is InChI=1S/C28H28F2N4O3/c1-33-16-20-17-36-28(22(20)13-26(33)35)8-10-34(11-9-28)15-18-2-7-25(31-14-18)27(32-37-21-4-5-21)19-3-6-23(29)24(30)12-19/h2-3,6-7,12-14,16,21H,4-5,8-11,15,17H2,1H3/b32-27-. The summed E-state index contributed by atoms with van der Waals surface area (Å²) in [5.41, 5.74) is 4.11. The molecule has 0 radical (unpaired) electrons. The molecule has 1 saturated heterocycles. The summed E-state index contributed by atoms with van der Waals surface area (Å²) in [4.78, 5) is 24.7. The minimum Gasteiger partial charge on any atom is -0.392 e. The van der Waals surface area contributed by atoms with Crippen molar-refractivity contribution in [1.29, 1.82) is 0 Å². The van der Waals surface area contributed by atoms with Crippen molar-refractivity contribution in [3.63, 3.8) is 0 Å². The van der Waals surface area contributed by atoms with Crippen molar-refractivity contribution in [3.8, 4) is 0 Å². The number of fused-ring (bicyclic) bond motifs is 2. The second kappa shape index (κ2) is 9.46. The number of hydrogen-bond acceptors (Lipinski definition) is 6. The Morgan fingerprint density at radius 3 is 2.68 bits per heavy atom. The number of aromatic nitrogens is 2. The van der Waals surface area contributed by atoms with E-state index in [1.807, 2.05) is 18.3 Å². The highest BCUT2D eigenvalue weighted by atomic mass is 19.2. The van der Waals surface area contributed by atoms with Crippen LogP contribution in [0.25, 0.3) is 0 Å². The molecule has 7 nitrogen and oxygen atoms in total. The quantitative estimate of drug-likeness (QED) is 0.373. The van der Waals surface area contributed by atoms with Crippen molar-refractivity contribution in [1.82, 2.24) is 14.5 Å². The molecule has 0 bridgehead atoms. The zero-order chi connectivity index (χ0) is 25.6. The Balaban J connectivity index is 1.14. The number of hydrogen-bond donors (Lipinski definition) is 0. The number of aryl methyl sites for hydroxylation is 1. The van der Waals surface area contributed by atoms with Crippen molar-refractivity contribution in [2.45, 2.75) is 50.5 Å². The number of rotatable bonds is 6. The lowest BCUT2D eigenvalue weighted by atomic mass is 9.84. The van der Waals surface area contributed by atoms with Gasteiger partial charge in [0, 0.05) is 56.3 Å². The maximum absolute atomic E-state index is 13.9. The van der Waals surface area contributed by atoms with Crippen LogP contribution in [0.5, 0.6) is 0 Å². The molecule has 9 heteroatoms. The lowest BCUT2D eigenvalue weighted by Crippen LogP contribution is -2.42. The highest BCUT2D eigenvalue weighted by Gasteiger charge is 2.43. The van der Waals surface area contributed by atoms with Crippen molar-refractivity contribution >= 4 is 5.71 Å². The lowest BCUT2D eigenvalue weighted by molar-refractivity contribution is -0.0799. The zero-order valence-corrected chi connectivity index (χ0v) is 20.6. The molecule has 6 rings (SSSR count). The molecule has 0 amide bonds. The number of benzene rings is 1. The second-order valence-electron chi connectivity index (χ2n) is 10.1. The molecule has 2 aliphatic heterocycles. The molecular formula is C28H28F2N4O3. The van der Waals surface area contributed by atoms with Gasteiger partial charge in [-0.3, -0.25) is 14.7 Å². The number of ether oxygens (including phenoxy) is 1. The molecule has 192 valence electrons.